The average molecular weight is 153 g/mol. The molecule has 0 saturated carbocycles. The lowest BCUT2D eigenvalue weighted by atomic mass is 10.5. The highest BCUT2D eigenvalue weighted by atomic mass is 15.1. The Balaban J connectivity index is 4.08. The predicted molar refractivity (Wildman–Crippen MR) is 46.3 cm³/mol. The lowest BCUT2D eigenvalue weighted by Crippen LogP contribution is -2.21. The van der Waals surface area contributed by atoms with E-state index in [1.54, 1.807) is 13.2 Å². The average Bonchev–Trinajstić information content (AvgIpc) is 2.03. The highest BCUT2D eigenvalue weighted by molar-refractivity contribution is 5.89. The Morgan fingerprint density at radius 2 is 2.27 bits per heavy atom. The van der Waals surface area contributed by atoms with E-state index >= 15 is 0 Å². The number of aliphatic imine (C=N–C) groups is 1. The molecular weight excluding hydrogens is 142 g/mol. The van der Waals surface area contributed by atoms with Crippen molar-refractivity contribution in [2.75, 3.05) is 7.05 Å². The molecule has 5 heteroatoms. The molecule has 0 radical (unpaired) electrons. The minimum absolute atomic E-state index is 0.0741. The number of guanidine groups is 1. The van der Waals surface area contributed by atoms with Gasteiger partial charge < -0.3 is 16.0 Å². The van der Waals surface area contributed by atoms with Gasteiger partial charge in [-0.2, -0.15) is 0 Å². The van der Waals surface area contributed by atoms with Crippen LogP contribution in [0, 0.1) is 10.8 Å². The fourth-order valence-corrected chi connectivity index (χ4v) is 0.446. The van der Waals surface area contributed by atoms with Crippen LogP contribution in [0.25, 0.3) is 0 Å². The summed E-state index contributed by atoms with van der Waals surface area (Å²) in [6.07, 6.45) is 2.63. The van der Waals surface area contributed by atoms with Crippen molar-refractivity contribution in [1.29, 1.82) is 10.8 Å². The van der Waals surface area contributed by atoms with Crippen molar-refractivity contribution in [2.24, 2.45) is 4.99 Å². The molecule has 60 valence electrons. The first-order chi connectivity index (χ1) is 5.24. The van der Waals surface area contributed by atoms with Gasteiger partial charge in [0, 0.05) is 19.5 Å². The van der Waals surface area contributed by atoms with Crippen LogP contribution in [0.15, 0.2) is 16.9 Å². The number of rotatable bonds is 3. The van der Waals surface area contributed by atoms with Gasteiger partial charge in [-0.05, 0) is 6.72 Å². The Kier molecular flexibility index (Phi) is 4.39. The number of allylic oxidation sites excluding steroid dienone is 1. The molecule has 0 aromatic carbocycles. The van der Waals surface area contributed by atoms with Gasteiger partial charge in [0.25, 0.3) is 0 Å². The van der Waals surface area contributed by atoms with Crippen molar-refractivity contribution in [1.82, 2.24) is 10.6 Å². The van der Waals surface area contributed by atoms with Gasteiger partial charge in [0.2, 0.25) is 5.96 Å². The van der Waals surface area contributed by atoms with Crippen molar-refractivity contribution in [3.05, 3.63) is 11.9 Å². The van der Waals surface area contributed by atoms with Gasteiger partial charge in [-0.25, -0.2) is 4.99 Å². The van der Waals surface area contributed by atoms with Crippen LogP contribution in [0.2, 0.25) is 0 Å². The van der Waals surface area contributed by atoms with Crippen LogP contribution in [0.4, 0.5) is 0 Å². The molecule has 0 aliphatic carbocycles. The molecule has 0 saturated heterocycles. The normalized spacial score (nSPS) is 10.1. The lowest BCUT2D eigenvalue weighted by Gasteiger charge is -2.01. The van der Waals surface area contributed by atoms with Crippen molar-refractivity contribution in [2.45, 2.75) is 0 Å². The molecule has 0 spiro atoms. The zero-order chi connectivity index (χ0) is 8.69. The van der Waals surface area contributed by atoms with Crippen LogP contribution in [0.1, 0.15) is 0 Å². The van der Waals surface area contributed by atoms with Crippen molar-refractivity contribution in [3.8, 4) is 0 Å². The number of nitrogens with zero attached hydrogens (tertiary/aromatic N) is 1. The van der Waals surface area contributed by atoms with E-state index in [1.807, 2.05) is 0 Å². The third-order valence-electron chi connectivity index (χ3n) is 0.876. The minimum Gasteiger partial charge on any atom is -0.392 e. The summed E-state index contributed by atoms with van der Waals surface area (Å²) in [6.45, 7) is 3.15. The van der Waals surface area contributed by atoms with E-state index in [2.05, 4.69) is 22.3 Å². The lowest BCUT2D eigenvalue weighted by molar-refractivity contribution is 1.04. The summed E-state index contributed by atoms with van der Waals surface area (Å²) in [6, 6.07) is 0. The van der Waals surface area contributed by atoms with Crippen LogP contribution < -0.4 is 10.6 Å². The largest absolute Gasteiger partial charge is 0.392 e. The van der Waals surface area contributed by atoms with Gasteiger partial charge >= 0.3 is 0 Å². The maximum absolute atomic E-state index is 7.04. The smallest absolute Gasteiger partial charge is 0.219 e. The second-order valence-corrected chi connectivity index (χ2v) is 1.66. The standard InChI is InChI=1S/C6H11N5/c1-9-4-5(3-7)11-6(8)10-2/h3-4,7,9H,2H2,1H3,(H2,8,11). The molecule has 0 unspecified atom stereocenters. The second kappa shape index (κ2) is 5.16. The molecule has 0 heterocycles. The van der Waals surface area contributed by atoms with E-state index in [0.717, 1.165) is 6.21 Å². The van der Waals surface area contributed by atoms with Gasteiger partial charge in [0.05, 0.1) is 5.70 Å². The van der Waals surface area contributed by atoms with Gasteiger partial charge in [0.15, 0.2) is 0 Å². The molecule has 0 bridgehead atoms. The molecule has 0 aliphatic rings. The molecule has 0 rings (SSSR count). The van der Waals surface area contributed by atoms with Crippen LogP contribution in [-0.2, 0) is 0 Å². The first-order valence-corrected chi connectivity index (χ1v) is 2.94. The third kappa shape index (κ3) is 3.85. The Bertz CT molecular complexity index is 193. The molecular formula is C6H11N5. The first-order valence-electron chi connectivity index (χ1n) is 2.94. The van der Waals surface area contributed by atoms with E-state index in [-0.39, 0.29) is 5.96 Å². The Labute approximate surface area is 65.2 Å². The first kappa shape index (κ1) is 9.35. The van der Waals surface area contributed by atoms with Crippen LogP contribution >= 0.6 is 0 Å². The van der Waals surface area contributed by atoms with Gasteiger partial charge in [-0.15, -0.1) is 0 Å². The van der Waals surface area contributed by atoms with E-state index in [4.69, 9.17) is 10.8 Å². The van der Waals surface area contributed by atoms with Crippen LogP contribution in [-0.4, -0.2) is 25.9 Å². The van der Waals surface area contributed by atoms with E-state index in [1.165, 1.54) is 0 Å². The van der Waals surface area contributed by atoms with Crippen LogP contribution in [0.3, 0.4) is 0 Å². The van der Waals surface area contributed by atoms with Gasteiger partial charge in [-0.3, -0.25) is 5.41 Å². The molecule has 0 aromatic heterocycles. The number of hydrogen-bond donors (Lipinski definition) is 4. The summed E-state index contributed by atoms with van der Waals surface area (Å²) >= 11 is 0. The van der Waals surface area contributed by atoms with Crippen molar-refractivity contribution < 1.29 is 0 Å². The summed E-state index contributed by atoms with van der Waals surface area (Å²) in [7, 11) is 1.70. The Morgan fingerprint density at radius 1 is 1.64 bits per heavy atom. The molecule has 0 fully saturated rings. The zero-order valence-electron chi connectivity index (χ0n) is 6.31. The van der Waals surface area contributed by atoms with Crippen LogP contribution in [0.5, 0.6) is 0 Å². The van der Waals surface area contributed by atoms with Gasteiger partial charge in [-0.1, -0.05) is 0 Å². The fourth-order valence-electron chi connectivity index (χ4n) is 0.446. The van der Waals surface area contributed by atoms with Crippen molar-refractivity contribution >= 4 is 18.9 Å². The molecule has 0 aliphatic heterocycles. The molecule has 4 N–H and O–H groups in total. The molecule has 0 atom stereocenters. The maximum atomic E-state index is 7.04. The Hall–Kier alpha value is -1.65. The SMILES string of the molecule is C=NC(=N)NC(C=N)=CNC. The summed E-state index contributed by atoms with van der Waals surface area (Å²) in [5, 5.41) is 19.2. The quantitative estimate of drug-likeness (QED) is 0.338. The summed E-state index contributed by atoms with van der Waals surface area (Å²) < 4.78 is 0. The van der Waals surface area contributed by atoms with E-state index in [0.29, 0.717) is 5.70 Å². The highest BCUT2D eigenvalue weighted by Gasteiger charge is 1.92. The fraction of sp³-hybridized carbons (Fsp3) is 0.167. The second-order valence-electron chi connectivity index (χ2n) is 1.66. The minimum atomic E-state index is -0.0741. The summed E-state index contributed by atoms with van der Waals surface area (Å²) in [4.78, 5) is 3.31. The molecule has 5 nitrogen and oxygen atoms in total. The topological polar surface area (TPSA) is 84.1 Å². The highest BCUT2D eigenvalue weighted by Crippen LogP contribution is 1.80. The van der Waals surface area contributed by atoms with E-state index < -0.39 is 0 Å². The Morgan fingerprint density at radius 3 is 2.64 bits per heavy atom. The number of nitrogens with one attached hydrogen (secondary N) is 4. The molecule has 0 amide bonds. The van der Waals surface area contributed by atoms with Gasteiger partial charge in [0.1, 0.15) is 0 Å². The predicted octanol–water partition coefficient (Wildman–Crippen LogP) is -0.0783. The monoisotopic (exact) mass is 153 g/mol. The third-order valence-corrected chi connectivity index (χ3v) is 0.876. The maximum Gasteiger partial charge on any atom is 0.219 e. The molecule has 11 heavy (non-hydrogen) atoms. The zero-order valence-corrected chi connectivity index (χ0v) is 6.31. The summed E-state index contributed by atoms with van der Waals surface area (Å²) in [5.74, 6) is -0.0741. The number of hydrogen-bond acceptors (Lipinski definition) is 3. The summed E-state index contributed by atoms with van der Waals surface area (Å²) in [5.41, 5.74) is 0.463. The van der Waals surface area contributed by atoms with E-state index in [9.17, 15) is 0 Å². The molecule has 0 aromatic rings. The van der Waals surface area contributed by atoms with Crippen molar-refractivity contribution in [3.63, 3.8) is 0 Å².